The van der Waals surface area contributed by atoms with Gasteiger partial charge in [-0.1, -0.05) is 6.07 Å². The monoisotopic (exact) mass is 393 g/mol. The number of carbonyl (C=O) groups excluding carboxylic acids is 1. The summed E-state index contributed by atoms with van der Waals surface area (Å²) in [5, 5.41) is 5.86. The van der Waals surface area contributed by atoms with Gasteiger partial charge in [0.05, 0.1) is 0 Å². The summed E-state index contributed by atoms with van der Waals surface area (Å²) in [7, 11) is 0. The van der Waals surface area contributed by atoms with Gasteiger partial charge < -0.3 is 15.5 Å². The molecule has 3 rings (SSSR count). The largest absolute Gasteiger partial charge is 0.372 e. The highest BCUT2D eigenvalue weighted by molar-refractivity contribution is 6.03. The molecule has 7 heteroatoms. The average Bonchev–Trinajstić information content (AvgIpc) is 2.71. The number of carbonyl (C=O) groups is 1. The van der Waals surface area contributed by atoms with Crippen molar-refractivity contribution in [2.24, 2.45) is 0 Å². The van der Waals surface area contributed by atoms with Gasteiger partial charge in [-0.25, -0.2) is 14.4 Å². The van der Waals surface area contributed by atoms with Gasteiger partial charge in [0.1, 0.15) is 23.7 Å². The van der Waals surface area contributed by atoms with Crippen LogP contribution < -0.4 is 15.5 Å². The molecule has 0 aliphatic carbocycles. The minimum absolute atomic E-state index is 0.184. The number of aromatic nitrogens is 2. The highest BCUT2D eigenvalue weighted by Crippen LogP contribution is 2.25. The van der Waals surface area contributed by atoms with Crippen molar-refractivity contribution in [1.29, 1.82) is 0 Å². The third kappa shape index (κ3) is 5.07. The predicted molar refractivity (Wildman–Crippen MR) is 114 cm³/mol. The summed E-state index contributed by atoms with van der Waals surface area (Å²) in [6, 6.07) is 13.4. The molecule has 1 amide bonds. The normalized spacial score (nSPS) is 10.5. The lowest BCUT2D eigenvalue weighted by atomic mass is 10.1. The summed E-state index contributed by atoms with van der Waals surface area (Å²) in [4.78, 5) is 22.9. The number of nitrogens with zero attached hydrogens (tertiary/aromatic N) is 3. The van der Waals surface area contributed by atoms with E-state index in [4.69, 9.17) is 0 Å². The van der Waals surface area contributed by atoms with Crippen molar-refractivity contribution in [2.75, 3.05) is 28.6 Å². The number of halogens is 1. The van der Waals surface area contributed by atoms with Crippen LogP contribution in [0.2, 0.25) is 0 Å². The molecule has 150 valence electrons. The molecule has 0 spiro atoms. The van der Waals surface area contributed by atoms with Gasteiger partial charge in [-0.2, -0.15) is 0 Å². The van der Waals surface area contributed by atoms with Crippen molar-refractivity contribution in [3.8, 4) is 0 Å². The van der Waals surface area contributed by atoms with E-state index in [-0.39, 0.29) is 5.69 Å². The zero-order valence-electron chi connectivity index (χ0n) is 16.7. The zero-order chi connectivity index (χ0) is 20.8. The zero-order valence-corrected chi connectivity index (χ0v) is 16.7. The first-order chi connectivity index (χ1) is 14.0. The number of rotatable bonds is 7. The predicted octanol–water partition coefficient (Wildman–Crippen LogP) is 4.77. The van der Waals surface area contributed by atoms with Crippen LogP contribution in [-0.2, 0) is 0 Å². The Hall–Kier alpha value is -3.48. The van der Waals surface area contributed by atoms with E-state index in [9.17, 15) is 9.18 Å². The first-order valence-electron chi connectivity index (χ1n) is 9.51. The highest BCUT2D eigenvalue weighted by Gasteiger charge is 2.11. The number of nitrogens with one attached hydrogen (secondary N) is 2. The van der Waals surface area contributed by atoms with E-state index < -0.39 is 11.7 Å². The molecule has 0 fully saturated rings. The van der Waals surface area contributed by atoms with E-state index >= 15 is 0 Å². The fourth-order valence-electron chi connectivity index (χ4n) is 3.02. The highest BCUT2D eigenvalue weighted by atomic mass is 19.1. The molecule has 3 aromatic rings. The Morgan fingerprint density at radius 2 is 1.86 bits per heavy atom. The van der Waals surface area contributed by atoms with Crippen LogP contribution in [0.15, 0.2) is 54.9 Å². The lowest BCUT2D eigenvalue weighted by molar-refractivity contribution is 0.102. The van der Waals surface area contributed by atoms with E-state index in [0.717, 1.165) is 30.0 Å². The summed E-state index contributed by atoms with van der Waals surface area (Å²) >= 11 is 0. The van der Waals surface area contributed by atoms with Gasteiger partial charge in [0.2, 0.25) is 0 Å². The van der Waals surface area contributed by atoms with Crippen LogP contribution in [0.1, 0.15) is 29.9 Å². The van der Waals surface area contributed by atoms with E-state index in [1.807, 2.05) is 13.0 Å². The molecule has 1 heterocycles. The van der Waals surface area contributed by atoms with E-state index in [0.29, 0.717) is 11.5 Å². The van der Waals surface area contributed by atoms with Crippen LogP contribution in [0.25, 0.3) is 0 Å². The van der Waals surface area contributed by atoms with Gasteiger partial charge in [-0.05, 0) is 62.7 Å². The molecular weight excluding hydrogens is 369 g/mol. The minimum Gasteiger partial charge on any atom is -0.372 e. The average molecular weight is 393 g/mol. The first-order valence-corrected chi connectivity index (χ1v) is 9.51. The first kappa shape index (κ1) is 20.3. The number of amides is 1. The molecule has 0 aliphatic heterocycles. The van der Waals surface area contributed by atoms with Crippen LogP contribution in [0.4, 0.5) is 27.3 Å². The Balaban J connectivity index is 1.75. The van der Waals surface area contributed by atoms with Gasteiger partial charge in [-0.15, -0.1) is 0 Å². The number of benzene rings is 2. The maximum atomic E-state index is 13.3. The molecule has 0 bridgehead atoms. The summed E-state index contributed by atoms with van der Waals surface area (Å²) < 4.78 is 13.3. The second-order valence-corrected chi connectivity index (χ2v) is 6.55. The Kier molecular flexibility index (Phi) is 6.39. The van der Waals surface area contributed by atoms with Crippen molar-refractivity contribution < 1.29 is 9.18 Å². The number of hydrogen-bond acceptors (Lipinski definition) is 5. The van der Waals surface area contributed by atoms with Gasteiger partial charge >= 0.3 is 0 Å². The number of hydrogen-bond donors (Lipinski definition) is 2. The van der Waals surface area contributed by atoms with Gasteiger partial charge in [0.15, 0.2) is 0 Å². The molecule has 0 aliphatic rings. The Bertz CT molecular complexity index is 1000. The van der Waals surface area contributed by atoms with Gasteiger partial charge in [-0.3, -0.25) is 4.79 Å². The fraction of sp³-hybridized carbons (Fsp3) is 0.227. The van der Waals surface area contributed by atoms with Crippen LogP contribution in [0.3, 0.4) is 0 Å². The molecule has 2 N–H and O–H groups in total. The summed E-state index contributed by atoms with van der Waals surface area (Å²) in [5.74, 6) is -0.353. The Labute approximate surface area is 169 Å². The topological polar surface area (TPSA) is 70.2 Å². The molecule has 0 saturated carbocycles. The van der Waals surface area contributed by atoms with Crippen LogP contribution >= 0.6 is 0 Å². The van der Waals surface area contributed by atoms with E-state index in [2.05, 4.69) is 51.5 Å². The molecule has 2 aromatic carbocycles. The molecule has 0 radical (unpaired) electrons. The summed E-state index contributed by atoms with van der Waals surface area (Å²) in [5.41, 5.74) is 3.68. The third-order valence-electron chi connectivity index (χ3n) is 4.58. The molecule has 29 heavy (non-hydrogen) atoms. The molecule has 6 nitrogen and oxygen atoms in total. The number of anilines is 4. The van der Waals surface area contributed by atoms with E-state index in [1.54, 1.807) is 12.1 Å². The number of aryl methyl sites for hydroxylation is 1. The Morgan fingerprint density at radius 1 is 1.07 bits per heavy atom. The van der Waals surface area contributed by atoms with Crippen molar-refractivity contribution in [2.45, 2.75) is 20.8 Å². The summed E-state index contributed by atoms with van der Waals surface area (Å²) in [6.45, 7) is 8.16. The van der Waals surface area contributed by atoms with Gasteiger partial charge in [0, 0.05) is 36.2 Å². The summed E-state index contributed by atoms with van der Waals surface area (Å²) in [6.07, 6.45) is 1.32. The lowest BCUT2D eigenvalue weighted by Gasteiger charge is -2.22. The molecule has 1 aromatic heterocycles. The maximum Gasteiger partial charge on any atom is 0.274 e. The van der Waals surface area contributed by atoms with E-state index in [1.165, 1.54) is 24.5 Å². The third-order valence-corrected chi connectivity index (χ3v) is 4.58. The molecule has 0 saturated heterocycles. The molecule has 0 atom stereocenters. The SMILES string of the molecule is CCN(CC)c1ccc(Nc2cc(C(=O)Nc3cccc(F)c3)ncn2)c(C)c1. The van der Waals surface area contributed by atoms with Gasteiger partial charge in [0.25, 0.3) is 5.91 Å². The van der Waals surface area contributed by atoms with Crippen molar-refractivity contribution in [1.82, 2.24) is 9.97 Å². The second-order valence-electron chi connectivity index (χ2n) is 6.55. The lowest BCUT2D eigenvalue weighted by Crippen LogP contribution is -2.21. The minimum atomic E-state index is -0.436. The standard InChI is InChI=1S/C22H24FN5O/c1-4-28(5-2)18-9-10-19(15(3)11-18)27-21-13-20(24-14-25-21)22(29)26-17-8-6-7-16(23)12-17/h6-14H,4-5H2,1-3H3,(H,26,29)(H,24,25,27). The van der Waals surface area contributed by atoms with Crippen LogP contribution in [-0.4, -0.2) is 29.0 Å². The van der Waals surface area contributed by atoms with Crippen LogP contribution in [0, 0.1) is 12.7 Å². The smallest absolute Gasteiger partial charge is 0.274 e. The quantitative estimate of drug-likeness (QED) is 0.605. The maximum absolute atomic E-state index is 13.3. The fourth-order valence-corrected chi connectivity index (χ4v) is 3.02. The molecular formula is C22H24FN5O. The second kappa shape index (κ2) is 9.14. The van der Waals surface area contributed by atoms with Crippen molar-refractivity contribution in [3.63, 3.8) is 0 Å². The van der Waals surface area contributed by atoms with Crippen molar-refractivity contribution in [3.05, 3.63) is 71.9 Å². The molecule has 0 unspecified atom stereocenters. The Morgan fingerprint density at radius 3 is 2.55 bits per heavy atom. The van der Waals surface area contributed by atoms with Crippen LogP contribution in [0.5, 0.6) is 0 Å². The van der Waals surface area contributed by atoms with Crippen molar-refractivity contribution >= 4 is 28.8 Å².